The number of nitrogens with zero attached hydrogens (tertiary/aromatic N) is 3. The molecule has 1 amide bonds. The number of nitrogens with one attached hydrogen (secondary N) is 1. The van der Waals surface area contributed by atoms with E-state index in [1.165, 1.54) is 6.42 Å². The van der Waals surface area contributed by atoms with Gasteiger partial charge in [-0.25, -0.2) is 0 Å². The molecule has 0 unspecified atom stereocenters. The zero-order valence-electron chi connectivity index (χ0n) is 11.1. The number of para-hydroxylation sites is 1. The molecule has 3 rings (SSSR count). The Morgan fingerprint density at radius 3 is 2.89 bits per heavy atom. The van der Waals surface area contributed by atoms with Gasteiger partial charge in [0.05, 0.1) is 5.56 Å². The average Bonchev–Trinajstić information content (AvgIpc) is 2.95. The molecule has 100 valence electrons. The van der Waals surface area contributed by atoms with Crippen molar-refractivity contribution in [2.75, 3.05) is 13.1 Å². The largest absolute Gasteiger partial charge is 0.339 e. The molecule has 0 aliphatic carbocycles. The molecule has 2 aromatic rings. The van der Waals surface area contributed by atoms with Gasteiger partial charge in [0.15, 0.2) is 0 Å². The fourth-order valence-electron chi connectivity index (χ4n) is 2.76. The summed E-state index contributed by atoms with van der Waals surface area (Å²) in [6.45, 7) is 3.93. The second kappa shape index (κ2) is 4.99. The van der Waals surface area contributed by atoms with Crippen LogP contribution in [0.3, 0.4) is 0 Å². The minimum atomic E-state index is 0.0778. The predicted octanol–water partition coefficient (Wildman–Crippen LogP) is 2.22. The summed E-state index contributed by atoms with van der Waals surface area (Å²) < 4.78 is 0. The number of aromatic nitrogens is 3. The van der Waals surface area contributed by atoms with Gasteiger partial charge in [-0.05, 0) is 30.9 Å². The van der Waals surface area contributed by atoms with Crippen LogP contribution < -0.4 is 0 Å². The third kappa shape index (κ3) is 2.20. The van der Waals surface area contributed by atoms with Gasteiger partial charge in [0.25, 0.3) is 5.91 Å². The first-order chi connectivity index (χ1) is 9.29. The standard InChI is InChI=1S/C14H18N4O/c1-2-10-6-8-18(9-7-10)14(19)11-4-3-5-12-13(11)16-17-15-12/h3-5,10H,2,6-9H2,1H3,(H,15,16,17). The maximum atomic E-state index is 12.6. The van der Waals surface area contributed by atoms with Crippen molar-refractivity contribution in [1.82, 2.24) is 20.3 Å². The third-order valence-electron chi connectivity index (χ3n) is 4.06. The highest BCUT2D eigenvalue weighted by Crippen LogP contribution is 2.23. The van der Waals surface area contributed by atoms with Crippen LogP contribution in [0.1, 0.15) is 36.5 Å². The molecule has 1 N–H and O–H groups in total. The molecule has 0 bridgehead atoms. The van der Waals surface area contributed by atoms with Gasteiger partial charge in [0, 0.05) is 13.1 Å². The van der Waals surface area contributed by atoms with Crippen LogP contribution in [0.5, 0.6) is 0 Å². The van der Waals surface area contributed by atoms with Crippen LogP contribution in [0.15, 0.2) is 18.2 Å². The third-order valence-corrected chi connectivity index (χ3v) is 4.06. The molecule has 1 aliphatic rings. The number of hydrogen-bond donors (Lipinski definition) is 1. The van der Waals surface area contributed by atoms with Crippen LogP contribution >= 0.6 is 0 Å². The molecule has 1 aromatic heterocycles. The molecule has 1 aromatic carbocycles. The molecule has 0 spiro atoms. The number of carbonyl (C=O) groups excluding carboxylic acids is 1. The molecule has 5 nitrogen and oxygen atoms in total. The molecule has 0 radical (unpaired) electrons. The van der Waals surface area contributed by atoms with Crippen LogP contribution in [0.2, 0.25) is 0 Å². The first kappa shape index (κ1) is 12.1. The SMILES string of the molecule is CCC1CCN(C(=O)c2cccc3n[nH]nc23)CC1. The van der Waals surface area contributed by atoms with Crippen molar-refractivity contribution < 1.29 is 4.79 Å². The molecule has 0 atom stereocenters. The Labute approximate surface area is 112 Å². The summed E-state index contributed by atoms with van der Waals surface area (Å²) >= 11 is 0. The van der Waals surface area contributed by atoms with E-state index in [4.69, 9.17) is 0 Å². The summed E-state index contributed by atoms with van der Waals surface area (Å²) in [5.74, 6) is 0.848. The number of benzene rings is 1. The second-order valence-electron chi connectivity index (χ2n) is 5.14. The van der Waals surface area contributed by atoms with Crippen LogP contribution in [-0.4, -0.2) is 39.3 Å². The van der Waals surface area contributed by atoms with E-state index in [-0.39, 0.29) is 5.91 Å². The van der Waals surface area contributed by atoms with Gasteiger partial charge in [0.2, 0.25) is 0 Å². The molecule has 1 saturated heterocycles. The van der Waals surface area contributed by atoms with E-state index in [0.717, 1.165) is 37.4 Å². The first-order valence-corrected chi connectivity index (χ1v) is 6.88. The Bertz CT molecular complexity index is 584. The number of piperidine rings is 1. The Balaban J connectivity index is 1.82. The molecular formula is C14H18N4O. The number of rotatable bonds is 2. The first-order valence-electron chi connectivity index (χ1n) is 6.88. The van der Waals surface area contributed by atoms with Crippen molar-refractivity contribution >= 4 is 16.9 Å². The van der Waals surface area contributed by atoms with Crippen molar-refractivity contribution in [3.8, 4) is 0 Å². The van der Waals surface area contributed by atoms with Crippen LogP contribution in [0.25, 0.3) is 11.0 Å². The Morgan fingerprint density at radius 2 is 2.16 bits per heavy atom. The van der Waals surface area contributed by atoms with E-state index >= 15 is 0 Å². The van der Waals surface area contributed by atoms with Crippen LogP contribution in [0.4, 0.5) is 0 Å². The van der Waals surface area contributed by atoms with E-state index in [9.17, 15) is 4.79 Å². The normalized spacial score (nSPS) is 17.0. The second-order valence-corrected chi connectivity index (χ2v) is 5.14. The van der Waals surface area contributed by atoms with E-state index in [0.29, 0.717) is 11.1 Å². The van der Waals surface area contributed by atoms with Crippen LogP contribution in [0, 0.1) is 5.92 Å². The molecule has 2 heterocycles. The van der Waals surface area contributed by atoms with Crippen molar-refractivity contribution in [3.05, 3.63) is 23.8 Å². The predicted molar refractivity (Wildman–Crippen MR) is 72.8 cm³/mol. The van der Waals surface area contributed by atoms with Gasteiger partial charge in [-0.15, -0.1) is 0 Å². The Hall–Kier alpha value is -1.91. The number of H-pyrrole nitrogens is 1. The summed E-state index contributed by atoms with van der Waals surface area (Å²) in [6.07, 6.45) is 3.43. The average molecular weight is 258 g/mol. The fraction of sp³-hybridized carbons (Fsp3) is 0.500. The minimum absolute atomic E-state index is 0.0778. The Kier molecular flexibility index (Phi) is 3.19. The highest BCUT2D eigenvalue weighted by atomic mass is 16.2. The van der Waals surface area contributed by atoms with Gasteiger partial charge < -0.3 is 4.90 Å². The van der Waals surface area contributed by atoms with Gasteiger partial charge in [-0.2, -0.15) is 15.4 Å². The summed E-state index contributed by atoms with van der Waals surface area (Å²) in [6, 6.07) is 5.55. The molecule has 0 saturated carbocycles. The maximum Gasteiger partial charge on any atom is 0.256 e. The van der Waals surface area contributed by atoms with E-state index in [1.54, 1.807) is 0 Å². The molecule has 1 aliphatic heterocycles. The molecule has 19 heavy (non-hydrogen) atoms. The van der Waals surface area contributed by atoms with E-state index < -0.39 is 0 Å². The van der Waals surface area contributed by atoms with Gasteiger partial charge in [-0.1, -0.05) is 19.4 Å². The number of amides is 1. The van der Waals surface area contributed by atoms with E-state index in [1.807, 2.05) is 23.1 Å². The van der Waals surface area contributed by atoms with Crippen molar-refractivity contribution in [3.63, 3.8) is 0 Å². The zero-order valence-corrected chi connectivity index (χ0v) is 11.1. The highest BCUT2D eigenvalue weighted by molar-refractivity contribution is 6.04. The lowest BCUT2D eigenvalue weighted by atomic mass is 9.94. The number of likely N-dealkylation sites (tertiary alicyclic amines) is 1. The Morgan fingerprint density at radius 1 is 1.37 bits per heavy atom. The molecule has 1 fully saturated rings. The van der Waals surface area contributed by atoms with Gasteiger partial charge in [-0.3, -0.25) is 4.79 Å². The van der Waals surface area contributed by atoms with Gasteiger partial charge in [0.1, 0.15) is 11.0 Å². The monoisotopic (exact) mass is 258 g/mol. The van der Waals surface area contributed by atoms with E-state index in [2.05, 4.69) is 22.3 Å². The summed E-state index contributed by atoms with van der Waals surface area (Å²) in [7, 11) is 0. The van der Waals surface area contributed by atoms with Crippen LogP contribution in [-0.2, 0) is 0 Å². The topological polar surface area (TPSA) is 61.9 Å². The van der Waals surface area contributed by atoms with Crippen molar-refractivity contribution in [2.24, 2.45) is 5.92 Å². The number of fused-ring (bicyclic) bond motifs is 1. The molecule has 5 heteroatoms. The smallest absolute Gasteiger partial charge is 0.256 e. The minimum Gasteiger partial charge on any atom is -0.339 e. The summed E-state index contributed by atoms with van der Waals surface area (Å²) in [5.41, 5.74) is 2.07. The van der Waals surface area contributed by atoms with Crippen molar-refractivity contribution in [1.29, 1.82) is 0 Å². The lowest BCUT2D eigenvalue weighted by Gasteiger charge is -2.31. The molecular weight excluding hydrogens is 240 g/mol. The summed E-state index contributed by atoms with van der Waals surface area (Å²) in [4.78, 5) is 14.5. The van der Waals surface area contributed by atoms with Crippen molar-refractivity contribution in [2.45, 2.75) is 26.2 Å². The highest BCUT2D eigenvalue weighted by Gasteiger charge is 2.24. The number of carbonyl (C=O) groups is 1. The lowest BCUT2D eigenvalue weighted by molar-refractivity contribution is 0.0690. The number of aromatic amines is 1. The zero-order chi connectivity index (χ0) is 13.2. The van der Waals surface area contributed by atoms with Gasteiger partial charge >= 0.3 is 0 Å². The summed E-state index contributed by atoms with van der Waals surface area (Å²) in [5, 5.41) is 10.7. The number of hydrogen-bond acceptors (Lipinski definition) is 3. The maximum absolute atomic E-state index is 12.6. The fourth-order valence-corrected chi connectivity index (χ4v) is 2.76. The lowest BCUT2D eigenvalue weighted by Crippen LogP contribution is -2.38. The quantitative estimate of drug-likeness (QED) is 0.898.